The Hall–Kier alpha value is -1.65. The molecule has 0 aromatic carbocycles. The lowest BCUT2D eigenvalue weighted by atomic mass is 9.63. The van der Waals surface area contributed by atoms with E-state index in [0.717, 1.165) is 37.1 Å². The van der Waals surface area contributed by atoms with E-state index in [-0.39, 0.29) is 47.3 Å². The number of rotatable bonds is 2. The zero-order valence-corrected chi connectivity index (χ0v) is 14.5. The van der Waals surface area contributed by atoms with Gasteiger partial charge in [0.1, 0.15) is 0 Å². The van der Waals surface area contributed by atoms with Crippen molar-refractivity contribution >= 4 is 17.7 Å². The van der Waals surface area contributed by atoms with E-state index in [4.69, 9.17) is 0 Å². The van der Waals surface area contributed by atoms with Crippen LogP contribution < -0.4 is 5.43 Å². The van der Waals surface area contributed by atoms with E-state index < -0.39 is 0 Å². The van der Waals surface area contributed by atoms with Gasteiger partial charge in [0.15, 0.2) is 0 Å². The first kappa shape index (κ1) is 15.6. The molecule has 0 aromatic heterocycles. The van der Waals surface area contributed by atoms with Gasteiger partial charge < -0.3 is 0 Å². The molecule has 5 nitrogen and oxygen atoms in total. The fourth-order valence-electron chi connectivity index (χ4n) is 5.99. The molecule has 5 aliphatic carbocycles. The van der Waals surface area contributed by atoms with Crippen LogP contribution >= 0.6 is 0 Å². The minimum absolute atomic E-state index is 0.0632. The van der Waals surface area contributed by atoms with Crippen LogP contribution in [-0.4, -0.2) is 22.7 Å². The molecule has 5 heteroatoms. The Labute approximate surface area is 148 Å². The van der Waals surface area contributed by atoms with Crippen molar-refractivity contribution in [2.75, 3.05) is 0 Å². The Morgan fingerprint density at radius 3 is 1.96 bits per heavy atom. The van der Waals surface area contributed by atoms with E-state index >= 15 is 0 Å². The van der Waals surface area contributed by atoms with Crippen LogP contribution in [0.1, 0.15) is 51.4 Å². The van der Waals surface area contributed by atoms with Crippen LogP contribution in [0.5, 0.6) is 0 Å². The van der Waals surface area contributed by atoms with Crippen LogP contribution in [0, 0.1) is 41.4 Å². The molecule has 6 atom stereocenters. The van der Waals surface area contributed by atoms with Gasteiger partial charge in [0.25, 0.3) is 11.8 Å². The molecule has 0 radical (unpaired) electrons. The molecule has 3 saturated carbocycles. The molecule has 25 heavy (non-hydrogen) atoms. The van der Waals surface area contributed by atoms with Crippen molar-refractivity contribution in [3.05, 3.63) is 12.2 Å². The highest BCUT2D eigenvalue weighted by atomic mass is 16.2. The summed E-state index contributed by atoms with van der Waals surface area (Å²) in [5.41, 5.74) is 2.72. The van der Waals surface area contributed by atoms with Crippen LogP contribution in [-0.2, 0) is 14.4 Å². The third kappa shape index (κ3) is 2.31. The second kappa shape index (κ2) is 5.68. The monoisotopic (exact) mass is 342 g/mol. The van der Waals surface area contributed by atoms with Crippen LogP contribution in [0.25, 0.3) is 0 Å². The smallest absolute Gasteiger partial charge is 0.252 e. The van der Waals surface area contributed by atoms with Crippen molar-refractivity contribution in [3.63, 3.8) is 0 Å². The maximum absolute atomic E-state index is 12.9. The van der Waals surface area contributed by atoms with Gasteiger partial charge in [-0.3, -0.25) is 19.8 Å². The second-order valence-corrected chi connectivity index (χ2v) is 8.68. The maximum atomic E-state index is 12.9. The predicted molar refractivity (Wildman–Crippen MR) is 90.5 cm³/mol. The largest absolute Gasteiger partial charge is 0.273 e. The van der Waals surface area contributed by atoms with Gasteiger partial charge in [0.2, 0.25) is 5.91 Å². The van der Waals surface area contributed by atoms with Crippen LogP contribution in [0.4, 0.5) is 0 Å². The van der Waals surface area contributed by atoms with Gasteiger partial charge in [-0.05, 0) is 42.9 Å². The average Bonchev–Trinajstić information content (AvgIpc) is 3.35. The van der Waals surface area contributed by atoms with Gasteiger partial charge in [-0.1, -0.05) is 44.3 Å². The molecular formula is C20H26N2O3. The second-order valence-electron chi connectivity index (χ2n) is 8.68. The summed E-state index contributed by atoms with van der Waals surface area (Å²) < 4.78 is 0. The van der Waals surface area contributed by atoms with Crippen molar-refractivity contribution in [1.82, 2.24) is 10.4 Å². The SMILES string of the molecule is O=C(NN1C(=O)C2C3C=CC(C4CC34)C2C1=O)C1CCCCCCC1. The fourth-order valence-corrected chi connectivity index (χ4v) is 5.99. The highest BCUT2D eigenvalue weighted by Crippen LogP contribution is 2.65. The molecule has 1 saturated heterocycles. The zero-order valence-electron chi connectivity index (χ0n) is 14.5. The van der Waals surface area contributed by atoms with Gasteiger partial charge >= 0.3 is 0 Å². The highest BCUT2D eigenvalue weighted by Gasteiger charge is 2.67. The minimum atomic E-state index is -0.233. The van der Waals surface area contributed by atoms with Crippen LogP contribution in [0.3, 0.4) is 0 Å². The van der Waals surface area contributed by atoms with E-state index in [0.29, 0.717) is 11.8 Å². The molecule has 4 fully saturated rings. The summed E-state index contributed by atoms with van der Waals surface area (Å²) in [6, 6.07) is 0. The summed E-state index contributed by atoms with van der Waals surface area (Å²) in [5.74, 6) is 0.605. The topological polar surface area (TPSA) is 66.5 Å². The van der Waals surface area contributed by atoms with Crippen molar-refractivity contribution in [2.45, 2.75) is 51.4 Å². The molecule has 0 aromatic rings. The molecular weight excluding hydrogens is 316 g/mol. The van der Waals surface area contributed by atoms with Crippen LogP contribution in [0.15, 0.2) is 12.2 Å². The number of nitrogens with zero attached hydrogens (tertiary/aromatic N) is 1. The molecule has 6 aliphatic rings. The summed E-state index contributed by atoms with van der Waals surface area (Å²) >= 11 is 0. The molecule has 134 valence electrons. The number of carbonyl (C=O) groups is 3. The van der Waals surface area contributed by atoms with Crippen molar-refractivity contribution in [3.8, 4) is 0 Å². The lowest BCUT2D eigenvalue weighted by molar-refractivity contribution is -0.150. The first-order valence-electron chi connectivity index (χ1n) is 10.0. The fraction of sp³-hybridized carbons (Fsp3) is 0.750. The van der Waals surface area contributed by atoms with E-state index in [1.165, 1.54) is 19.3 Å². The first-order valence-corrected chi connectivity index (χ1v) is 10.0. The summed E-state index contributed by atoms with van der Waals surface area (Å²) in [6.45, 7) is 0. The Balaban J connectivity index is 1.31. The normalized spacial score (nSPS) is 42.6. The zero-order chi connectivity index (χ0) is 17.1. The molecule has 3 amide bonds. The van der Waals surface area contributed by atoms with Gasteiger partial charge in [-0.2, -0.15) is 5.01 Å². The first-order chi connectivity index (χ1) is 12.2. The number of hydrazine groups is 1. The standard InChI is InChI=1S/C20H26N2O3/c23-18(11-6-4-2-1-3-5-7-11)21-22-19(24)16-12-8-9-13(15-10-14(12)15)17(16)20(22)25/h8-9,11-17H,1-7,10H2,(H,21,23). The third-order valence-corrected chi connectivity index (χ3v) is 7.36. The number of allylic oxidation sites excluding steroid dienone is 2. The Kier molecular flexibility index (Phi) is 3.54. The lowest BCUT2D eigenvalue weighted by Crippen LogP contribution is -2.49. The minimum Gasteiger partial charge on any atom is -0.273 e. The number of amides is 3. The number of carbonyl (C=O) groups excluding carboxylic acids is 3. The van der Waals surface area contributed by atoms with E-state index in [1.54, 1.807) is 0 Å². The third-order valence-electron chi connectivity index (χ3n) is 7.36. The van der Waals surface area contributed by atoms with Crippen LogP contribution in [0.2, 0.25) is 0 Å². The Bertz CT molecular complexity index is 613. The molecule has 1 N–H and O–H groups in total. The van der Waals surface area contributed by atoms with Gasteiger partial charge in [0.05, 0.1) is 11.8 Å². The van der Waals surface area contributed by atoms with Gasteiger partial charge in [0, 0.05) is 5.92 Å². The Morgan fingerprint density at radius 1 is 0.880 bits per heavy atom. The molecule has 6 unspecified atom stereocenters. The number of nitrogens with one attached hydrogen (secondary N) is 1. The summed E-state index contributed by atoms with van der Waals surface area (Å²) in [6.07, 6.45) is 12.9. The van der Waals surface area contributed by atoms with E-state index in [2.05, 4.69) is 17.6 Å². The molecule has 6 rings (SSSR count). The van der Waals surface area contributed by atoms with Crippen molar-refractivity contribution in [2.24, 2.45) is 41.4 Å². The van der Waals surface area contributed by atoms with Gasteiger partial charge in [-0.15, -0.1) is 0 Å². The summed E-state index contributed by atoms with van der Waals surface area (Å²) in [5, 5.41) is 1.09. The van der Waals surface area contributed by atoms with E-state index in [1.807, 2.05) is 0 Å². The quantitative estimate of drug-likeness (QED) is 0.619. The summed E-state index contributed by atoms with van der Waals surface area (Å²) in [4.78, 5) is 38.5. The maximum Gasteiger partial charge on any atom is 0.252 e. The molecule has 1 aliphatic heterocycles. The molecule has 0 spiro atoms. The van der Waals surface area contributed by atoms with Crippen molar-refractivity contribution in [1.29, 1.82) is 0 Å². The highest BCUT2D eigenvalue weighted by molar-refractivity contribution is 6.07. The summed E-state index contributed by atoms with van der Waals surface area (Å²) in [7, 11) is 0. The van der Waals surface area contributed by atoms with Gasteiger partial charge in [-0.25, -0.2) is 0 Å². The Morgan fingerprint density at radius 2 is 1.40 bits per heavy atom. The molecule has 2 bridgehead atoms. The number of hydrogen-bond donors (Lipinski definition) is 1. The van der Waals surface area contributed by atoms with E-state index in [9.17, 15) is 14.4 Å². The van der Waals surface area contributed by atoms with Crippen molar-refractivity contribution < 1.29 is 14.4 Å². The average molecular weight is 342 g/mol. The predicted octanol–water partition coefficient (Wildman–Crippen LogP) is 2.43. The number of imide groups is 1. The lowest BCUT2D eigenvalue weighted by Gasteiger charge is -2.37. The molecule has 1 heterocycles. The number of hydrogen-bond acceptors (Lipinski definition) is 3.